The Morgan fingerprint density at radius 3 is 2.70 bits per heavy atom. The van der Waals surface area contributed by atoms with E-state index >= 15 is 0 Å². The molecule has 1 amide bonds. The first-order valence-electron chi connectivity index (χ1n) is 7.60. The molecule has 23 heavy (non-hydrogen) atoms. The van der Waals surface area contributed by atoms with Crippen LogP contribution in [0.3, 0.4) is 0 Å². The van der Waals surface area contributed by atoms with Crippen LogP contribution in [0.2, 0.25) is 0 Å². The van der Waals surface area contributed by atoms with E-state index in [0.717, 1.165) is 16.9 Å². The van der Waals surface area contributed by atoms with Gasteiger partial charge in [0.15, 0.2) is 6.61 Å². The van der Waals surface area contributed by atoms with E-state index in [4.69, 9.17) is 4.74 Å². The van der Waals surface area contributed by atoms with Gasteiger partial charge in [-0.15, -0.1) is 0 Å². The predicted octanol–water partition coefficient (Wildman–Crippen LogP) is 2.54. The van der Waals surface area contributed by atoms with Crippen molar-refractivity contribution in [2.45, 2.75) is 13.5 Å². The Hall–Kier alpha value is -2.82. The maximum Gasteiger partial charge on any atom is 0.258 e. The summed E-state index contributed by atoms with van der Waals surface area (Å²) in [5.74, 6) is 1.51. The van der Waals surface area contributed by atoms with Crippen molar-refractivity contribution in [1.29, 1.82) is 0 Å². The molecule has 2 aromatic carbocycles. The number of rotatable bonds is 6. The highest BCUT2D eigenvalue weighted by Crippen LogP contribution is 2.14. The summed E-state index contributed by atoms with van der Waals surface area (Å²) in [4.78, 5) is 16.3. The number of nitrogens with zero attached hydrogens (tertiary/aromatic N) is 2. The molecule has 1 aromatic heterocycles. The predicted molar refractivity (Wildman–Crippen MR) is 89.4 cm³/mol. The molecule has 0 radical (unpaired) electrons. The minimum absolute atomic E-state index is 0.0215. The topological polar surface area (TPSA) is 56.2 Å². The van der Waals surface area contributed by atoms with Gasteiger partial charge in [-0.05, 0) is 31.2 Å². The Labute approximate surface area is 134 Å². The second-order valence-electron chi connectivity index (χ2n) is 5.25. The third-order valence-electron chi connectivity index (χ3n) is 3.62. The van der Waals surface area contributed by atoms with Gasteiger partial charge in [-0.1, -0.05) is 30.3 Å². The van der Waals surface area contributed by atoms with Crippen LogP contribution in [-0.2, 0) is 11.3 Å². The van der Waals surface area contributed by atoms with Gasteiger partial charge in [-0.2, -0.15) is 0 Å². The van der Waals surface area contributed by atoms with E-state index in [0.29, 0.717) is 18.8 Å². The van der Waals surface area contributed by atoms with Crippen molar-refractivity contribution in [2.75, 3.05) is 13.2 Å². The van der Waals surface area contributed by atoms with Crippen molar-refractivity contribution in [3.05, 3.63) is 60.4 Å². The van der Waals surface area contributed by atoms with Crippen LogP contribution in [0.1, 0.15) is 5.82 Å². The zero-order valence-corrected chi connectivity index (χ0v) is 13.0. The Bertz CT molecular complexity index is 796. The van der Waals surface area contributed by atoms with Crippen LogP contribution in [0.4, 0.5) is 0 Å². The number of hydrogen-bond acceptors (Lipinski definition) is 3. The van der Waals surface area contributed by atoms with Crippen molar-refractivity contribution >= 4 is 16.9 Å². The first-order chi connectivity index (χ1) is 11.2. The summed E-state index contributed by atoms with van der Waals surface area (Å²) in [6.07, 6.45) is 0. The number of para-hydroxylation sites is 3. The van der Waals surface area contributed by atoms with Crippen molar-refractivity contribution in [2.24, 2.45) is 0 Å². The van der Waals surface area contributed by atoms with Gasteiger partial charge in [-0.3, -0.25) is 4.79 Å². The molecule has 1 heterocycles. The van der Waals surface area contributed by atoms with Gasteiger partial charge >= 0.3 is 0 Å². The van der Waals surface area contributed by atoms with Gasteiger partial charge < -0.3 is 14.6 Å². The van der Waals surface area contributed by atoms with E-state index in [1.807, 2.05) is 61.5 Å². The molecule has 0 aliphatic rings. The zero-order chi connectivity index (χ0) is 16.1. The number of hydrogen-bond donors (Lipinski definition) is 1. The summed E-state index contributed by atoms with van der Waals surface area (Å²) in [5.41, 5.74) is 2.06. The molecule has 5 nitrogen and oxygen atoms in total. The lowest BCUT2D eigenvalue weighted by Crippen LogP contribution is -2.31. The smallest absolute Gasteiger partial charge is 0.258 e. The monoisotopic (exact) mass is 309 g/mol. The van der Waals surface area contributed by atoms with Gasteiger partial charge in [0.25, 0.3) is 5.91 Å². The molecule has 0 unspecified atom stereocenters. The number of amides is 1. The van der Waals surface area contributed by atoms with E-state index in [1.165, 1.54) is 0 Å². The third-order valence-corrected chi connectivity index (χ3v) is 3.62. The van der Waals surface area contributed by atoms with Crippen molar-refractivity contribution in [3.63, 3.8) is 0 Å². The van der Waals surface area contributed by atoms with E-state index in [-0.39, 0.29) is 12.5 Å². The molecule has 0 atom stereocenters. The van der Waals surface area contributed by atoms with Gasteiger partial charge in [0.2, 0.25) is 0 Å². The number of ether oxygens (including phenoxy) is 1. The Morgan fingerprint density at radius 2 is 1.87 bits per heavy atom. The molecule has 118 valence electrons. The number of imidazole rings is 1. The van der Waals surface area contributed by atoms with Gasteiger partial charge in [-0.25, -0.2) is 4.98 Å². The van der Waals surface area contributed by atoms with Crippen molar-refractivity contribution in [3.8, 4) is 5.75 Å². The number of benzene rings is 2. The average molecular weight is 309 g/mol. The maximum atomic E-state index is 11.8. The van der Waals surface area contributed by atoms with Crippen LogP contribution in [0, 0.1) is 6.92 Å². The molecule has 1 N–H and O–H groups in total. The highest BCUT2D eigenvalue weighted by atomic mass is 16.5. The number of aromatic nitrogens is 2. The van der Waals surface area contributed by atoms with E-state index in [2.05, 4.69) is 14.9 Å². The third kappa shape index (κ3) is 3.69. The minimum atomic E-state index is -0.129. The Morgan fingerprint density at radius 1 is 1.13 bits per heavy atom. The van der Waals surface area contributed by atoms with Crippen LogP contribution in [-0.4, -0.2) is 28.6 Å². The SMILES string of the molecule is Cc1nc2ccccc2n1CCNC(=O)COc1ccccc1. The summed E-state index contributed by atoms with van der Waals surface area (Å²) >= 11 is 0. The van der Waals surface area contributed by atoms with Crippen LogP contribution in [0.15, 0.2) is 54.6 Å². The minimum Gasteiger partial charge on any atom is -0.484 e. The standard InChI is InChI=1S/C18H19N3O2/c1-14-20-16-9-5-6-10-17(16)21(14)12-11-19-18(22)13-23-15-7-3-2-4-8-15/h2-10H,11-13H2,1H3,(H,19,22). The normalized spacial score (nSPS) is 10.7. The van der Waals surface area contributed by atoms with Crippen LogP contribution < -0.4 is 10.1 Å². The molecule has 0 spiro atoms. The average Bonchev–Trinajstić information content (AvgIpc) is 2.90. The fourth-order valence-corrected chi connectivity index (χ4v) is 2.50. The maximum absolute atomic E-state index is 11.8. The van der Waals surface area contributed by atoms with Gasteiger partial charge in [0, 0.05) is 13.1 Å². The first-order valence-corrected chi connectivity index (χ1v) is 7.60. The van der Waals surface area contributed by atoms with Crippen molar-refractivity contribution < 1.29 is 9.53 Å². The Kier molecular flexibility index (Phi) is 4.57. The zero-order valence-electron chi connectivity index (χ0n) is 13.0. The van der Waals surface area contributed by atoms with Gasteiger partial charge in [0.1, 0.15) is 11.6 Å². The molecular weight excluding hydrogens is 290 g/mol. The van der Waals surface area contributed by atoms with Crippen LogP contribution in [0.25, 0.3) is 11.0 Å². The lowest BCUT2D eigenvalue weighted by Gasteiger charge is -2.09. The largest absolute Gasteiger partial charge is 0.484 e. The number of carbonyl (C=O) groups excluding carboxylic acids is 1. The number of carbonyl (C=O) groups is 1. The summed E-state index contributed by atoms with van der Waals surface area (Å²) in [6, 6.07) is 17.3. The first kappa shape index (κ1) is 15.1. The molecular formula is C18H19N3O2. The molecule has 0 aliphatic carbocycles. The van der Waals surface area contributed by atoms with E-state index in [1.54, 1.807) is 0 Å². The molecule has 0 bridgehead atoms. The second kappa shape index (κ2) is 6.96. The number of nitrogens with one attached hydrogen (secondary N) is 1. The summed E-state index contributed by atoms with van der Waals surface area (Å²) < 4.78 is 7.52. The van der Waals surface area contributed by atoms with Crippen molar-refractivity contribution in [1.82, 2.24) is 14.9 Å². The molecule has 3 rings (SSSR count). The Balaban J connectivity index is 1.50. The summed E-state index contributed by atoms with van der Waals surface area (Å²) in [7, 11) is 0. The number of fused-ring (bicyclic) bond motifs is 1. The lowest BCUT2D eigenvalue weighted by atomic mass is 10.3. The van der Waals surface area contributed by atoms with E-state index < -0.39 is 0 Å². The molecule has 3 aromatic rings. The highest BCUT2D eigenvalue weighted by Gasteiger charge is 2.07. The highest BCUT2D eigenvalue weighted by molar-refractivity contribution is 5.77. The molecule has 0 aliphatic heterocycles. The lowest BCUT2D eigenvalue weighted by molar-refractivity contribution is -0.123. The fraction of sp³-hybridized carbons (Fsp3) is 0.222. The van der Waals surface area contributed by atoms with Crippen LogP contribution >= 0.6 is 0 Å². The fourth-order valence-electron chi connectivity index (χ4n) is 2.50. The van der Waals surface area contributed by atoms with Crippen LogP contribution in [0.5, 0.6) is 5.75 Å². The molecule has 5 heteroatoms. The quantitative estimate of drug-likeness (QED) is 0.761. The molecule has 0 fully saturated rings. The summed E-state index contributed by atoms with van der Waals surface area (Å²) in [6.45, 7) is 3.22. The second-order valence-corrected chi connectivity index (χ2v) is 5.25. The molecule has 0 saturated heterocycles. The summed E-state index contributed by atoms with van der Waals surface area (Å²) in [5, 5.41) is 2.87. The van der Waals surface area contributed by atoms with Gasteiger partial charge in [0.05, 0.1) is 11.0 Å². The van der Waals surface area contributed by atoms with E-state index in [9.17, 15) is 4.79 Å². The molecule has 0 saturated carbocycles. The number of aryl methyl sites for hydroxylation is 1.